The molecule has 0 atom stereocenters. The van der Waals surface area contributed by atoms with Crippen LogP contribution in [0.25, 0.3) is 5.82 Å². The summed E-state index contributed by atoms with van der Waals surface area (Å²) in [6, 6.07) is 16.1. The van der Waals surface area contributed by atoms with E-state index in [-0.39, 0.29) is 17.3 Å². The fourth-order valence-electron chi connectivity index (χ4n) is 3.94. The Morgan fingerprint density at radius 3 is 2.79 bits per heavy atom. The number of hydrogen-bond acceptors (Lipinski definition) is 9. The third-order valence-corrected chi connectivity index (χ3v) is 5.77. The van der Waals surface area contributed by atoms with Crippen molar-refractivity contribution < 1.29 is 9.42 Å². The smallest absolute Gasteiger partial charge is 0.293 e. The normalized spacial score (nSPS) is 12.9. The van der Waals surface area contributed by atoms with Gasteiger partial charge in [0.25, 0.3) is 5.91 Å². The number of nitrogens with zero attached hydrogens (tertiary/aromatic N) is 7. The van der Waals surface area contributed by atoms with Crippen LogP contribution in [-0.4, -0.2) is 44.0 Å². The molecule has 4 aromatic rings. The van der Waals surface area contributed by atoms with Gasteiger partial charge >= 0.3 is 0 Å². The molecule has 0 spiro atoms. The number of para-hydroxylation sites is 1. The lowest BCUT2D eigenvalue weighted by Crippen LogP contribution is -2.26. The molecule has 0 saturated carbocycles. The highest BCUT2D eigenvalue weighted by Crippen LogP contribution is 2.30. The van der Waals surface area contributed by atoms with Crippen molar-refractivity contribution in [3.8, 4) is 5.82 Å². The Balaban J connectivity index is 1.41. The lowest BCUT2D eigenvalue weighted by Gasteiger charge is -2.19. The molecule has 172 valence electrons. The summed E-state index contributed by atoms with van der Waals surface area (Å²) in [6.07, 6.45) is 3.45. The summed E-state index contributed by atoms with van der Waals surface area (Å²) in [5.41, 5.74) is 13.5. The van der Waals surface area contributed by atoms with Gasteiger partial charge in [0, 0.05) is 12.2 Å². The van der Waals surface area contributed by atoms with Crippen molar-refractivity contribution in [3.63, 3.8) is 0 Å². The molecule has 2 aromatic heterocycles. The van der Waals surface area contributed by atoms with Crippen molar-refractivity contribution in [1.82, 2.24) is 30.7 Å². The molecule has 34 heavy (non-hydrogen) atoms. The minimum atomic E-state index is -0.495. The molecule has 1 aliphatic heterocycles. The number of anilines is 2. The van der Waals surface area contributed by atoms with Crippen LogP contribution < -0.4 is 16.1 Å². The Morgan fingerprint density at radius 2 is 2.03 bits per heavy atom. The van der Waals surface area contributed by atoms with Crippen LogP contribution >= 0.6 is 0 Å². The number of fused-ring (bicyclic) bond motifs is 1. The maximum absolute atomic E-state index is 13.0. The lowest BCUT2D eigenvalue weighted by atomic mass is 10.1. The minimum absolute atomic E-state index is 0.0495. The van der Waals surface area contributed by atoms with Crippen molar-refractivity contribution in [1.29, 1.82) is 0 Å². The maximum atomic E-state index is 13.0. The number of aryl methyl sites for hydroxylation is 1. The average Bonchev–Trinajstić information content (AvgIpc) is 3.58. The summed E-state index contributed by atoms with van der Waals surface area (Å²) in [4.78, 5) is 15.1. The predicted molar refractivity (Wildman–Crippen MR) is 126 cm³/mol. The second-order valence-electron chi connectivity index (χ2n) is 7.86. The molecule has 11 heteroatoms. The Hall–Kier alpha value is -4.54. The summed E-state index contributed by atoms with van der Waals surface area (Å²) in [6.45, 7) is 3.25. The molecule has 0 unspecified atom stereocenters. The first-order chi connectivity index (χ1) is 16.6. The van der Waals surface area contributed by atoms with Gasteiger partial charge in [0.2, 0.25) is 11.6 Å². The Kier molecular flexibility index (Phi) is 5.73. The number of nitrogen functional groups attached to an aromatic ring is 1. The maximum Gasteiger partial charge on any atom is 0.293 e. The molecule has 3 N–H and O–H groups in total. The summed E-state index contributed by atoms with van der Waals surface area (Å²) < 4.78 is 6.11. The molecule has 11 nitrogen and oxygen atoms in total. The fraction of sp³-hybridized carbons (Fsp3) is 0.217. The molecule has 0 aliphatic carbocycles. The van der Waals surface area contributed by atoms with Crippen molar-refractivity contribution in [2.45, 2.75) is 26.3 Å². The first-order valence-electron chi connectivity index (χ1n) is 10.9. The van der Waals surface area contributed by atoms with Crippen LogP contribution in [-0.2, 0) is 19.4 Å². The lowest BCUT2D eigenvalue weighted by molar-refractivity contribution is 0.0949. The van der Waals surface area contributed by atoms with Crippen LogP contribution in [0.1, 0.15) is 39.8 Å². The second-order valence-corrected chi connectivity index (χ2v) is 7.86. The zero-order valence-electron chi connectivity index (χ0n) is 18.5. The van der Waals surface area contributed by atoms with Crippen molar-refractivity contribution in [2.75, 3.05) is 17.2 Å². The van der Waals surface area contributed by atoms with E-state index in [1.807, 2.05) is 36.4 Å². The van der Waals surface area contributed by atoms with Crippen molar-refractivity contribution >= 4 is 23.6 Å². The van der Waals surface area contributed by atoms with E-state index in [4.69, 9.17) is 10.4 Å². The van der Waals surface area contributed by atoms with Gasteiger partial charge in [-0.3, -0.25) is 4.79 Å². The first-order valence-corrected chi connectivity index (χ1v) is 10.9. The Bertz CT molecular complexity index is 1340. The molecule has 1 amide bonds. The fourth-order valence-corrected chi connectivity index (χ4v) is 3.94. The molecule has 1 aliphatic rings. The zero-order valence-corrected chi connectivity index (χ0v) is 18.5. The molecular weight excluding hydrogens is 434 g/mol. The number of carbonyl (C=O) groups is 1. The number of carbonyl (C=O) groups excluding carboxylic acids is 1. The van der Waals surface area contributed by atoms with Gasteiger partial charge < -0.3 is 10.6 Å². The SMILES string of the molecule is CCc1ccc(/C=N/NC(=O)c2nnn(-c3nonc3N)c2CN2CCc3ccccc32)cc1. The summed E-state index contributed by atoms with van der Waals surface area (Å²) in [7, 11) is 0. The molecule has 3 heterocycles. The third kappa shape index (κ3) is 4.10. The largest absolute Gasteiger partial charge is 0.378 e. The number of hydrazone groups is 1. The Labute approximate surface area is 195 Å². The predicted octanol–water partition coefficient (Wildman–Crippen LogP) is 2.12. The number of aromatic nitrogens is 5. The summed E-state index contributed by atoms with van der Waals surface area (Å²) >= 11 is 0. The van der Waals surface area contributed by atoms with Crippen molar-refractivity contribution in [3.05, 3.63) is 76.6 Å². The van der Waals surface area contributed by atoms with E-state index < -0.39 is 5.91 Å². The van der Waals surface area contributed by atoms with E-state index in [2.05, 4.69) is 55.1 Å². The van der Waals surface area contributed by atoms with E-state index in [0.29, 0.717) is 12.2 Å². The van der Waals surface area contributed by atoms with E-state index in [0.717, 1.165) is 30.6 Å². The van der Waals surface area contributed by atoms with Crippen LogP contribution in [0.15, 0.2) is 58.3 Å². The highest BCUT2D eigenvalue weighted by atomic mass is 16.6. The van der Waals surface area contributed by atoms with E-state index >= 15 is 0 Å². The van der Waals surface area contributed by atoms with E-state index in [1.165, 1.54) is 15.8 Å². The van der Waals surface area contributed by atoms with Gasteiger partial charge in [-0.05, 0) is 45.9 Å². The van der Waals surface area contributed by atoms with Crippen LogP contribution in [0.5, 0.6) is 0 Å². The standard InChI is InChI=1S/C23H23N9O2/c1-2-15-7-9-16(10-8-15)13-25-27-23(33)20-19(32(30-26-20)22-21(24)28-34-29-22)14-31-12-11-17-5-3-4-6-18(17)31/h3-10,13H,2,11-12,14H2,1H3,(H2,24,28)(H,27,33)/b25-13+. The number of nitrogens with one attached hydrogen (secondary N) is 1. The van der Waals surface area contributed by atoms with Crippen LogP contribution in [0.4, 0.5) is 11.5 Å². The number of nitrogens with two attached hydrogens (primary N) is 1. The van der Waals surface area contributed by atoms with Gasteiger partial charge in [-0.25, -0.2) is 10.1 Å². The van der Waals surface area contributed by atoms with E-state index in [9.17, 15) is 4.79 Å². The van der Waals surface area contributed by atoms with Gasteiger partial charge in [0.15, 0.2) is 5.69 Å². The highest BCUT2D eigenvalue weighted by molar-refractivity contribution is 5.94. The number of hydrogen-bond donors (Lipinski definition) is 2. The summed E-state index contributed by atoms with van der Waals surface area (Å²) in [5.74, 6) is -0.271. The van der Waals surface area contributed by atoms with Crippen LogP contribution in [0, 0.1) is 0 Å². The molecule has 5 rings (SSSR count). The van der Waals surface area contributed by atoms with Crippen molar-refractivity contribution in [2.24, 2.45) is 5.10 Å². The molecule has 0 fully saturated rings. The molecule has 2 aromatic carbocycles. The van der Waals surface area contributed by atoms with Gasteiger partial charge in [0.1, 0.15) is 0 Å². The van der Waals surface area contributed by atoms with Gasteiger partial charge in [-0.1, -0.05) is 54.6 Å². The van der Waals surface area contributed by atoms with Crippen LogP contribution in [0.3, 0.4) is 0 Å². The Morgan fingerprint density at radius 1 is 1.21 bits per heavy atom. The van der Waals surface area contributed by atoms with Gasteiger partial charge in [0.05, 0.1) is 18.5 Å². The zero-order chi connectivity index (χ0) is 23.5. The summed E-state index contributed by atoms with van der Waals surface area (Å²) in [5, 5.41) is 19.7. The topological polar surface area (TPSA) is 140 Å². The monoisotopic (exact) mass is 457 g/mol. The molecular formula is C23H23N9O2. The number of benzene rings is 2. The number of amides is 1. The van der Waals surface area contributed by atoms with Gasteiger partial charge in [-0.2, -0.15) is 9.78 Å². The van der Waals surface area contributed by atoms with Gasteiger partial charge in [-0.15, -0.1) is 5.10 Å². The van der Waals surface area contributed by atoms with E-state index in [1.54, 1.807) is 6.21 Å². The molecule has 0 saturated heterocycles. The third-order valence-electron chi connectivity index (χ3n) is 5.77. The second kappa shape index (κ2) is 9.14. The highest BCUT2D eigenvalue weighted by Gasteiger charge is 2.27. The average molecular weight is 457 g/mol. The van der Waals surface area contributed by atoms with Crippen LogP contribution in [0.2, 0.25) is 0 Å². The minimum Gasteiger partial charge on any atom is -0.378 e. The number of rotatable bonds is 7. The molecule has 0 bridgehead atoms. The quantitative estimate of drug-likeness (QED) is 0.318. The first kappa shape index (κ1) is 21.3. The molecule has 0 radical (unpaired) electrons.